The van der Waals surface area contributed by atoms with Gasteiger partial charge in [-0.05, 0) is 45.5 Å². The fourth-order valence-electron chi connectivity index (χ4n) is 3.43. The molecule has 1 aliphatic heterocycles. The van der Waals surface area contributed by atoms with Gasteiger partial charge in [0.2, 0.25) is 0 Å². The summed E-state index contributed by atoms with van der Waals surface area (Å²) >= 11 is 1.49. The van der Waals surface area contributed by atoms with E-state index in [1.165, 1.54) is 17.8 Å². The maximum absolute atomic E-state index is 12.7. The Hall–Kier alpha value is -1.97. The van der Waals surface area contributed by atoms with E-state index in [2.05, 4.69) is 15.2 Å². The van der Waals surface area contributed by atoms with Crippen molar-refractivity contribution in [3.8, 4) is 5.75 Å². The molecule has 0 unspecified atom stereocenters. The van der Waals surface area contributed by atoms with Crippen molar-refractivity contribution in [2.24, 2.45) is 0 Å². The molecule has 2 radical (unpaired) electrons. The maximum Gasteiger partial charge on any atom is 0.194 e. The largest absolute Gasteiger partial charge is 0.496 e. The van der Waals surface area contributed by atoms with Crippen LogP contribution in [0.15, 0.2) is 18.3 Å². The molecule has 1 aromatic carbocycles. The zero-order valence-electron chi connectivity index (χ0n) is 16.9. The van der Waals surface area contributed by atoms with Crippen molar-refractivity contribution < 1.29 is 13.9 Å². The van der Waals surface area contributed by atoms with Gasteiger partial charge >= 0.3 is 0 Å². The van der Waals surface area contributed by atoms with Crippen LogP contribution >= 0.6 is 11.3 Å². The lowest BCUT2D eigenvalue weighted by Gasteiger charge is -2.28. The van der Waals surface area contributed by atoms with Gasteiger partial charge in [-0.25, -0.2) is 9.37 Å². The molecule has 0 saturated carbocycles. The summed E-state index contributed by atoms with van der Waals surface area (Å²) in [4.78, 5) is 18.3. The van der Waals surface area contributed by atoms with Gasteiger partial charge in [-0.15, -0.1) is 0 Å². The van der Waals surface area contributed by atoms with E-state index >= 15 is 0 Å². The molecular formula is C20H26BFN4O2S. The number of hydrogen-bond donors (Lipinski definition) is 1. The second kappa shape index (κ2) is 10.2. The molecule has 0 bridgehead atoms. The smallest absolute Gasteiger partial charge is 0.194 e. The number of hydrogen-bond acceptors (Lipinski definition) is 6. The minimum atomic E-state index is -0.537. The first-order valence-electron chi connectivity index (χ1n) is 9.77. The normalized spacial score (nSPS) is 15.4. The van der Waals surface area contributed by atoms with E-state index in [9.17, 15) is 9.18 Å². The predicted molar refractivity (Wildman–Crippen MR) is 117 cm³/mol. The SMILES string of the molecule is CNCCCN1CCC(F)CC1.[B]c1cn2c(n1)sc1cc(C=O)c(OC)cc12. The van der Waals surface area contributed by atoms with E-state index in [0.717, 1.165) is 60.5 Å². The molecule has 6 nitrogen and oxygen atoms in total. The van der Waals surface area contributed by atoms with Crippen molar-refractivity contribution in [1.29, 1.82) is 0 Å². The van der Waals surface area contributed by atoms with E-state index in [-0.39, 0.29) is 0 Å². The lowest BCUT2D eigenvalue weighted by molar-refractivity contribution is 0.112. The summed E-state index contributed by atoms with van der Waals surface area (Å²) in [6.45, 7) is 4.08. The van der Waals surface area contributed by atoms with E-state index in [1.807, 2.05) is 17.5 Å². The van der Waals surface area contributed by atoms with Crippen molar-refractivity contribution in [1.82, 2.24) is 19.6 Å². The fraction of sp³-hybridized carbons (Fsp3) is 0.500. The molecule has 1 saturated heterocycles. The summed E-state index contributed by atoms with van der Waals surface area (Å²) in [5, 5.41) is 3.12. The summed E-state index contributed by atoms with van der Waals surface area (Å²) in [6, 6.07) is 3.63. The number of aromatic nitrogens is 2. The zero-order chi connectivity index (χ0) is 20.8. The Balaban J connectivity index is 0.000000177. The van der Waals surface area contributed by atoms with Crippen LogP contribution in [0.3, 0.4) is 0 Å². The number of halogens is 1. The third-order valence-electron chi connectivity index (χ3n) is 5.01. The quantitative estimate of drug-likeness (QED) is 0.379. The number of methoxy groups -OCH3 is 1. The van der Waals surface area contributed by atoms with Crippen LogP contribution in [0.5, 0.6) is 5.75 Å². The van der Waals surface area contributed by atoms with Gasteiger partial charge in [0.25, 0.3) is 0 Å². The Morgan fingerprint density at radius 3 is 2.83 bits per heavy atom. The van der Waals surface area contributed by atoms with Gasteiger partial charge in [0.05, 0.1) is 22.9 Å². The molecule has 3 heterocycles. The second-order valence-corrected chi connectivity index (χ2v) is 8.08. The lowest BCUT2D eigenvalue weighted by atomic mass is 10.1. The molecule has 9 heteroatoms. The lowest BCUT2D eigenvalue weighted by Crippen LogP contribution is -2.35. The van der Waals surface area contributed by atoms with E-state index in [1.54, 1.807) is 19.4 Å². The van der Waals surface area contributed by atoms with Crippen LogP contribution in [0.25, 0.3) is 15.2 Å². The van der Waals surface area contributed by atoms with Crippen LogP contribution in [-0.2, 0) is 0 Å². The van der Waals surface area contributed by atoms with Gasteiger partial charge in [0.1, 0.15) is 19.8 Å². The number of nitrogens with zero attached hydrogens (tertiary/aromatic N) is 3. The minimum absolute atomic E-state index is 0.483. The Morgan fingerprint density at radius 1 is 1.41 bits per heavy atom. The monoisotopic (exact) mass is 416 g/mol. The molecule has 0 atom stereocenters. The van der Waals surface area contributed by atoms with Crippen LogP contribution in [0, 0.1) is 0 Å². The number of alkyl halides is 1. The highest BCUT2D eigenvalue weighted by molar-refractivity contribution is 7.23. The Morgan fingerprint density at radius 2 is 2.17 bits per heavy atom. The number of fused-ring (bicyclic) bond motifs is 3. The highest BCUT2D eigenvalue weighted by Gasteiger charge is 2.17. The molecule has 154 valence electrons. The molecule has 0 spiro atoms. The Kier molecular flexibility index (Phi) is 7.63. The summed E-state index contributed by atoms with van der Waals surface area (Å²) in [5.41, 5.74) is 1.96. The zero-order valence-corrected chi connectivity index (χ0v) is 17.7. The number of rotatable bonds is 6. The van der Waals surface area contributed by atoms with Crippen molar-refractivity contribution in [2.45, 2.75) is 25.4 Å². The molecule has 29 heavy (non-hydrogen) atoms. The maximum atomic E-state index is 12.7. The number of piperidine rings is 1. The molecule has 1 N–H and O–H groups in total. The fourth-order valence-corrected chi connectivity index (χ4v) is 4.48. The molecule has 1 aliphatic rings. The first kappa shape index (κ1) is 21.7. The summed E-state index contributed by atoms with van der Waals surface area (Å²) in [6.07, 6.45) is 4.65. The average Bonchev–Trinajstić information content (AvgIpc) is 3.24. The highest BCUT2D eigenvalue weighted by atomic mass is 32.1. The Labute approximate surface area is 175 Å². The van der Waals surface area contributed by atoms with Crippen LogP contribution in [0.2, 0.25) is 0 Å². The number of aldehydes is 1. The van der Waals surface area contributed by atoms with Gasteiger partial charge in [-0.1, -0.05) is 11.3 Å². The third-order valence-corrected chi connectivity index (χ3v) is 6.03. The molecule has 1 fully saturated rings. The summed E-state index contributed by atoms with van der Waals surface area (Å²) in [7, 11) is 9.15. The van der Waals surface area contributed by atoms with Gasteiger partial charge in [0.15, 0.2) is 11.2 Å². The minimum Gasteiger partial charge on any atom is -0.496 e. The average molecular weight is 416 g/mol. The van der Waals surface area contributed by atoms with Crippen molar-refractivity contribution in [3.63, 3.8) is 0 Å². The Bertz CT molecular complexity index is 953. The van der Waals surface area contributed by atoms with E-state index in [4.69, 9.17) is 12.6 Å². The first-order valence-corrected chi connectivity index (χ1v) is 10.6. The number of carbonyl (C=O) groups excluding carboxylic acids is 1. The standard InChI is InChI=1S/C11H7BN2O2S.C9H19FN2/c1-16-8-3-7-9(2-6(8)5-15)17-11-13-10(12)4-14(7)11;1-11-5-2-6-12-7-3-9(10)4-8-12/h2-5H,1H3;9,11H,2-8H2,1H3. The number of carbonyl (C=O) groups is 1. The van der Waals surface area contributed by atoms with Crippen LogP contribution < -0.4 is 15.6 Å². The number of likely N-dealkylation sites (tertiary alicyclic amines) is 1. The molecule has 0 amide bonds. The molecular weight excluding hydrogens is 390 g/mol. The number of ether oxygens (including phenoxy) is 1. The highest BCUT2D eigenvalue weighted by Crippen LogP contribution is 2.30. The molecule has 2 aromatic heterocycles. The van der Waals surface area contributed by atoms with Gasteiger partial charge in [-0.2, -0.15) is 0 Å². The van der Waals surface area contributed by atoms with E-state index < -0.39 is 6.17 Å². The number of benzene rings is 1. The molecule has 0 aliphatic carbocycles. The van der Waals surface area contributed by atoms with Crippen molar-refractivity contribution in [2.75, 3.05) is 40.3 Å². The van der Waals surface area contributed by atoms with Crippen LogP contribution in [-0.4, -0.2) is 74.9 Å². The summed E-state index contributed by atoms with van der Waals surface area (Å²) in [5.74, 6) is 0.555. The second-order valence-electron chi connectivity index (χ2n) is 7.07. The predicted octanol–water partition coefficient (Wildman–Crippen LogP) is 2.19. The molecule has 4 rings (SSSR count). The topological polar surface area (TPSA) is 58.9 Å². The van der Waals surface area contributed by atoms with Crippen LogP contribution in [0.1, 0.15) is 29.6 Å². The number of thiazole rings is 1. The van der Waals surface area contributed by atoms with Gasteiger partial charge in [0, 0.05) is 30.9 Å². The number of nitrogens with one attached hydrogen (secondary N) is 1. The van der Waals surface area contributed by atoms with Gasteiger partial charge < -0.3 is 15.0 Å². The summed E-state index contributed by atoms with van der Waals surface area (Å²) < 4.78 is 20.8. The van der Waals surface area contributed by atoms with Crippen molar-refractivity contribution in [3.05, 3.63) is 23.9 Å². The van der Waals surface area contributed by atoms with Crippen molar-refractivity contribution >= 4 is 46.2 Å². The van der Waals surface area contributed by atoms with E-state index in [0.29, 0.717) is 16.9 Å². The number of imidazole rings is 1. The first-order chi connectivity index (χ1) is 14.0. The molecule has 3 aromatic rings. The van der Waals surface area contributed by atoms with Crippen LogP contribution in [0.4, 0.5) is 4.39 Å². The van der Waals surface area contributed by atoms with Gasteiger partial charge in [-0.3, -0.25) is 9.20 Å². The third kappa shape index (κ3) is 5.35.